The highest BCUT2D eigenvalue weighted by molar-refractivity contribution is 5.39. The van der Waals surface area contributed by atoms with Gasteiger partial charge in [-0.25, -0.2) is 9.97 Å². The Morgan fingerprint density at radius 2 is 2.00 bits per heavy atom. The van der Waals surface area contributed by atoms with Crippen LogP contribution in [0, 0.1) is 6.92 Å². The van der Waals surface area contributed by atoms with Crippen LogP contribution < -0.4 is 10.2 Å². The second-order valence-corrected chi connectivity index (χ2v) is 4.21. The maximum Gasteiger partial charge on any atom is 0.132 e. The van der Waals surface area contributed by atoms with Crippen LogP contribution in [0.3, 0.4) is 0 Å². The van der Waals surface area contributed by atoms with Crippen LogP contribution in [0.5, 0.6) is 0 Å². The van der Waals surface area contributed by atoms with Crippen molar-refractivity contribution in [2.45, 2.75) is 33.6 Å². The van der Waals surface area contributed by atoms with E-state index in [1.54, 1.807) is 0 Å². The van der Waals surface area contributed by atoms with Crippen molar-refractivity contribution in [3.05, 3.63) is 17.6 Å². The van der Waals surface area contributed by atoms with E-state index in [1.165, 1.54) is 0 Å². The molecule has 96 valence electrons. The van der Waals surface area contributed by atoms with E-state index in [2.05, 4.69) is 40.1 Å². The summed E-state index contributed by atoms with van der Waals surface area (Å²) in [5, 5.41) is 3.18. The summed E-state index contributed by atoms with van der Waals surface area (Å²) in [5.74, 6) is 1.93. The highest BCUT2D eigenvalue weighted by Crippen LogP contribution is 2.13. The van der Waals surface area contributed by atoms with Crippen LogP contribution in [0.25, 0.3) is 0 Å². The SMILES string of the molecule is CCCN(CCNC)c1cc(CC)nc(C)n1. The molecule has 1 aromatic rings. The fourth-order valence-corrected chi connectivity index (χ4v) is 1.81. The van der Waals surface area contributed by atoms with Crippen molar-refractivity contribution >= 4 is 5.82 Å². The summed E-state index contributed by atoms with van der Waals surface area (Å²) in [6.45, 7) is 9.30. The lowest BCUT2D eigenvalue weighted by Gasteiger charge is -2.23. The Morgan fingerprint density at radius 3 is 2.59 bits per heavy atom. The largest absolute Gasteiger partial charge is 0.355 e. The molecular formula is C13H24N4. The molecule has 0 saturated carbocycles. The number of aromatic nitrogens is 2. The summed E-state index contributed by atoms with van der Waals surface area (Å²) in [6, 6.07) is 2.11. The third kappa shape index (κ3) is 4.30. The number of anilines is 1. The maximum absolute atomic E-state index is 4.54. The minimum atomic E-state index is 0.866. The third-order valence-electron chi connectivity index (χ3n) is 2.69. The molecule has 0 aliphatic heterocycles. The van der Waals surface area contributed by atoms with Crippen LogP contribution in [-0.2, 0) is 6.42 Å². The molecule has 17 heavy (non-hydrogen) atoms. The van der Waals surface area contributed by atoms with Gasteiger partial charge >= 0.3 is 0 Å². The first-order valence-electron chi connectivity index (χ1n) is 6.45. The fourth-order valence-electron chi connectivity index (χ4n) is 1.81. The molecule has 0 aromatic carbocycles. The van der Waals surface area contributed by atoms with Gasteiger partial charge in [-0.1, -0.05) is 13.8 Å². The number of nitrogens with zero attached hydrogens (tertiary/aromatic N) is 3. The summed E-state index contributed by atoms with van der Waals surface area (Å²) in [7, 11) is 1.98. The molecule has 4 nitrogen and oxygen atoms in total. The Hall–Kier alpha value is -1.16. The van der Waals surface area contributed by atoms with Crippen molar-refractivity contribution in [1.82, 2.24) is 15.3 Å². The van der Waals surface area contributed by atoms with E-state index in [0.717, 1.165) is 49.8 Å². The van der Waals surface area contributed by atoms with Gasteiger partial charge in [0.25, 0.3) is 0 Å². The summed E-state index contributed by atoms with van der Waals surface area (Å²) < 4.78 is 0. The normalized spacial score (nSPS) is 10.6. The van der Waals surface area contributed by atoms with Crippen molar-refractivity contribution in [3.8, 4) is 0 Å². The molecule has 0 amide bonds. The highest BCUT2D eigenvalue weighted by atomic mass is 15.2. The first-order valence-corrected chi connectivity index (χ1v) is 6.45. The van der Waals surface area contributed by atoms with Gasteiger partial charge in [0.05, 0.1) is 0 Å². The van der Waals surface area contributed by atoms with Crippen molar-refractivity contribution in [3.63, 3.8) is 0 Å². The first-order chi connectivity index (χ1) is 8.21. The number of nitrogens with one attached hydrogen (secondary N) is 1. The van der Waals surface area contributed by atoms with Gasteiger partial charge < -0.3 is 10.2 Å². The van der Waals surface area contributed by atoms with Gasteiger partial charge in [0.1, 0.15) is 11.6 Å². The molecule has 1 heterocycles. The molecule has 0 atom stereocenters. The number of rotatable bonds is 7. The molecule has 0 aliphatic rings. The van der Waals surface area contributed by atoms with E-state index in [4.69, 9.17) is 0 Å². The summed E-state index contributed by atoms with van der Waals surface area (Å²) >= 11 is 0. The average molecular weight is 236 g/mol. The molecule has 1 aromatic heterocycles. The molecule has 0 radical (unpaired) electrons. The minimum absolute atomic E-state index is 0.866. The van der Waals surface area contributed by atoms with E-state index >= 15 is 0 Å². The zero-order chi connectivity index (χ0) is 12.7. The Morgan fingerprint density at radius 1 is 1.24 bits per heavy atom. The first kappa shape index (κ1) is 13.9. The molecule has 0 unspecified atom stereocenters. The Balaban J connectivity index is 2.87. The number of aryl methyl sites for hydroxylation is 2. The third-order valence-corrected chi connectivity index (χ3v) is 2.69. The highest BCUT2D eigenvalue weighted by Gasteiger charge is 2.08. The monoisotopic (exact) mass is 236 g/mol. The van der Waals surface area contributed by atoms with Gasteiger partial charge in [-0.2, -0.15) is 0 Å². The molecule has 0 fully saturated rings. The summed E-state index contributed by atoms with van der Waals surface area (Å²) in [5.41, 5.74) is 1.12. The molecule has 0 aliphatic carbocycles. The van der Waals surface area contributed by atoms with Gasteiger partial charge in [-0.3, -0.25) is 0 Å². The van der Waals surface area contributed by atoms with Gasteiger partial charge in [0.2, 0.25) is 0 Å². The van der Waals surface area contributed by atoms with Crippen LogP contribution in [0.4, 0.5) is 5.82 Å². The smallest absolute Gasteiger partial charge is 0.132 e. The van der Waals surface area contributed by atoms with Gasteiger partial charge in [-0.05, 0) is 26.8 Å². The van der Waals surface area contributed by atoms with E-state index in [1.807, 2.05) is 14.0 Å². The van der Waals surface area contributed by atoms with E-state index in [9.17, 15) is 0 Å². The standard InChI is InChI=1S/C13H24N4/c1-5-8-17(9-7-14-4)13-10-12(6-2)15-11(3)16-13/h10,14H,5-9H2,1-4H3. The number of hydrogen-bond donors (Lipinski definition) is 1. The van der Waals surface area contributed by atoms with Gasteiger partial charge in [-0.15, -0.1) is 0 Å². The maximum atomic E-state index is 4.54. The van der Waals surface area contributed by atoms with Gasteiger partial charge in [0, 0.05) is 31.4 Å². The van der Waals surface area contributed by atoms with Crippen molar-refractivity contribution < 1.29 is 0 Å². The zero-order valence-corrected chi connectivity index (χ0v) is 11.5. The fraction of sp³-hybridized carbons (Fsp3) is 0.692. The lowest BCUT2D eigenvalue weighted by atomic mass is 10.3. The average Bonchev–Trinajstić information content (AvgIpc) is 2.33. The molecule has 0 bridgehead atoms. The molecule has 1 rings (SSSR count). The van der Waals surface area contributed by atoms with E-state index < -0.39 is 0 Å². The molecular weight excluding hydrogens is 212 g/mol. The lowest BCUT2D eigenvalue weighted by Crippen LogP contribution is -2.32. The predicted molar refractivity (Wildman–Crippen MR) is 72.6 cm³/mol. The molecule has 1 N–H and O–H groups in total. The second-order valence-electron chi connectivity index (χ2n) is 4.21. The number of hydrogen-bond acceptors (Lipinski definition) is 4. The van der Waals surface area contributed by atoms with Crippen LogP contribution in [-0.4, -0.2) is 36.6 Å². The number of likely N-dealkylation sites (N-methyl/N-ethyl adjacent to an activating group) is 1. The van der Waals surface area contributed by atoms with E-state index in [0.29, 0.717) is 0 Å². The van der Waals surface area contributed by atoms with E-state index in [-0.39, 0.29) is 0 Å². The Labute approximate surface area is 104 Å². The summed E-state index contributed by atoms with van der Waals surface area (Å²) in [4.78, 5) is 11.3. The Kier molecular flexibility index (Phi) is 5.91. The molecule has 0 spiro atoms. The van der Waals surface area contributed by atoms with Gasteiger partial charge in [0.15, 0.2) is 0 Å². The topological polar surface area (TPSA) is 41.0 Å². The van der Waals surface area contributed by atoms with Crippen LogP contribution in [0.2, 0.25) is 0 Å². The summed E-state index contributed by atoms with van der Waals surface area (Å²) in [6.07, 6.45) is 2.09. The predicted octanol–water partition coefficient (Wildman–Crippen LogP) is 1.78. The van der Waals surface area contributed by atoms with Crippen LogP contribution in [0.1, 0.15) is 31.8 Å². The molecule has 0 saturated heterocycles. The van der Waals surface area contributed by atoms with Crippen LogP contribution in [0.15, 0.2) is 6.07 Å². The van der Waals surface area contributed by atoms with Crippen molar-refractivity contribution in [1.29, 1.82) is 0 Å². The van der Waals surface area contributed by atoms with Crippen molar-refractivity contribution in [2.75, 3.05) is 31.6 Å². The van der Waals surface area contributed by atoms with Crippen LogP contribution >= 0.6 is 0 Å². The Bertz CT molecular complexity index is 338. The zero-order valence-electron chi connectivity index (χ0n) is 11.5. The van der Waals surface area contributed by atoms with Crippen molar-refractivity contribution in [2.24, 2.45) is 0 Å². The quantitative estimate of drug-likeness (QED) is 0.783. The second kappa shape index (κ2) is 7.22. The minimum Gasteiger partial charge on any atom is -0.355 e. The lowest BCUT2D eigenvalue weighted by molar-refractivity contribution is 0.698. The molecule has 4 heteroatoms.